The predicted octanol–water partition coefficient (Wildman–Crippen LogP) is 1.15. The monoisotopic (exact) mass is 255 g/mol. The number of para-hydroxylation sites is 1. The Morgan fingerprint density at radius 1 is 1.21 bits per heavy atom. The second kappa shape index (κ2) is 3.81. The Balaban J connectivity index is 2.63. The molecule has 0 spiro atoms. The number of hydrogen-bond acceptors (Lipinski definition) is 4. The van der Waals surface area contributed by atoms with Crippen LogP contribution in [0.2, 0.25) is 0 Å². The number of benzene rings is 1. The van der Waals surface area contributed by atoms with Gasteiger partial charge in [0.05, 0.1) is 0 Å². The summed E-state index contributed by atoms with van der Waals surface area (Å²) < 4.78 is 6.05. The SMILES string of the molecule is N=c1c2c(=O)oc3ccccc3c2ccn1C(N)=O. The van der Waals surface area contributed by atoms with Crippen molar-refractivity contribution in [1.82, 2.24) is 4.57 Å². The summed E-state index contributed by atoms with van der Waals surface area (Å²) in [6.45, 7) is 0. The average Bonchev–Trinajstić information content (AvgIpc) is 2.38. The number of amides is 1. The van der Waals surface area contributed by atoms with E-state index in [1.807, 2.05) is 0 Å². The molecule has 0 fully saturated rings. The van der Waals surface area contributed by atoms with E-state index in [9.17, 15) is 9.59 Å². The zero-order chi connectivity index (χ0) is 13.6. The summed E-state index contributed by atoms with van der Waals surface area (Å²) in [5, 5.41) is 9.20. The number of nitrogens with zero attached hydrogens (tertiary/aromatic N) is 1. The summed E-state index contributed by atoms with van der Waals surface area (Å²) in [6, 6.07) is 7.78. The van der Waals surface area contributed by atoms with Crippen molar-refractivity contribution in [3.05, 3.63) is 52.4 Å². The van der Waals surface area contributed by atoms with Crippen LogP contribution in [0.3, 0.4) is 0 Å². The lowest BCUT2D eigenvalue weighted by molar-refractivity contribution is 0.249. The van der Waals surface area contributed by atoms with Crippen LogP contribution < -0.4 is 16.8 Å². The van der Waals surface area contributed by atoms with Gasteiger partial charge in [0.25, 0.3) is 0 Å². The van der Waals surface area contributed by atoms with Gasteiger partial charge in [0.1, 0.15) is 16.5 Å². The van der Waals surface area contributed by atoms with Crippen LogP contribution in [0, 0.1) is 5.41 Å². The molecule has 0 aliphatic rings. The molecule has 3 N–H and O–H groups in total. The van der Waals surface area contributed by atoms with Crippen LogP contribution in [-0.4, -0.2) is 10.6 Å². The number of pyridine rings is 1. The lowest BCUT2D eigenvalue weighted by Crippen LogP contribution is -2.33. The van der Waals surface area contributed by atoms with E-state index in [2.05, 4.69) is 0 Å². The molecule has 0 aliphatic carbocycles. The predicted molar refractivity (Wildman–Crippen MR) is 68.8 cm³/mol. The molecule has 0 saturated heterocycles. The number of fused-ring (bicyclic) bond motifs is 3. The summed E-state index contributed by atoms with van der Waals surface area (Å²) in [7, 11) is 0. The van der Waals surface area contributed by atoms with Gasteiger partial charge in [0, 0.05) is 17.0 Å². The largest absolute Gasteiger partial charge is 0.422 e. The Morgan fingerprint density at radius 3 is 2.68 bits per heavy atom. The second-order valence-electron chi connectivity index (χ2n) is 4.05. The highest BCUT2D eigenvalue weighted by Crippen LogP contribution is 2.19. The van der Waals surface area contributed by atoms with Crippen LogP contribution >= 0.6 is 0 Å². The van der Waals surface area contributed by atoms with Gasteiger partial charge in [-0.05, 0) is 12.1 Å². The first-order valence-electron chi connectivity index (χ1n) is 5.51. The van der Waals surface area contributed by atoms with Gasteiger partial charge in [-0.25, -0.2) is 9.59 Å². The van der Waals surface area contributed by atoms with E-state index in [-0.39, 0.29) is 10.9 Å². The van der Waals surface area contributed by atoms with E-state index in [0.29, 0.717) is 16.4 Å². The smallest absolute Gasteiger partial charge is 0.347 e. The number of nitrogens with one attached hydrogen (secondary N) is 1. The standard InChI is InChI=1S/C13H9N3O3/c14-11-10-8(5-6-16(11)13(15)18)7-3-1-2-4-9(7)19-12(10)17/h1-6,14H,(H2,15,18). The number of rotatable bonds is 0. The fourth-order valence-electron chi connectivity index (χ4n) is 2.10. The maximum absolute atomic E-state index is 11.9. The van der Waals surface area contributed by atoms with Gasteiger partial charge in [0.2, 0.25) is 0 Å². The van der Waals surface area contributed by atoms with Crippen molar-refractivity contribution in [2.45, 2.75) is 0 Å². The molecule has 0 unspecified atom stereocenters. The second-order valence-corrected chi connectivity index (χ2v) is 4.05. The molecule has 1 aromatic carbocycles. The fraction of sp³-hybridized carbons (Fsp3) is 0. The third-order valence-corrected chi connectivity index (χ3v) is 2.96. The number of carbonyl (C=O) groups is 1. The van der Waals surface area contributed by atoms with Gasteiger partial charge in [-0.3, -0.25) is 9.98 Å². The Labute approximate surface area is 106 Å². The van der Waals surface area contributed by atoms with E-state index in [0.717, 1.165) is 4.57 Å². The molecule has 1 amide bonds. The third-order valence-electron chi connectivity index (χ3n) is 2.96. The van der Waals surface area contributed by atoms with Gasteiger partial charge < -0.3 is 10.2 Å². The van der Waals surface area contributed by atoms with Gasteiger partial charge in [-0.15, -0.1) is 0 Å². The Bertz CT molecular complexity index is 937. The minimum absolute atomic E-state index is 0.0417. The molecule has 0 radical (unpaired) electrons. The van der Waals surface area contributed by atoms with Crippen LogP contribution in [0.15, 0.2) is 45.7 Å². The Morgan fingerprint density at radius 2 is 1.95 bits per heavy atom. The normalized spacial score (nSPS) is 10.9. The first-order chi connectivity index (χ1) is 9.09. The van der Waals surface area contributed by atoms with E-state index in [4.69, 9.17) is 15.6 Å². The van der Waals surface area contributed by atoms with E-state index < -0.39 is 11.7 Å². The Kier molecular flexibility index (Phi) is 2.25. The highest BCUT2D eigenvalue weighted by molar-refractivity contribution is 6.04. The van der Waals surface area contributed by atoms with Crippen molar-refractivity contribution in [2.75, 3.05) is 0 Å². The molecule has 3 aromatic rings. The van der Waals surface area contributed by atoms with Gasteiger partial charge in [-0.1, -0.05) is 18.2 Å². The number of primary amides is 1. The minimum atomic E-state index is -0.820. The molecule has 0 atom stereocenters. The average molecular weight is 255 g/mol. The topological polar surface area (TPSA) is 102 Å². The molecule has 19 heavy (non-hydrogen) atoms. The lowest BCUT2D eigenvalue weighted by Gasteiger charge is -2.05. The lowest BCUT2D eigenvalue weighted by atomic mass is 10.1. The minimum Gasteiger partial charge on any atom is -0.422 e. The van der Waals surface area contributed by atoms with Crippen molar-refractivity contribution in [2.24, 2.45) is 5.73 Å². The molecular weight excluding hydrogens is 246 g/mol. The molecule has 6 heteroatoms. The van der Waals surface area contributed by atoms with Gasteiger partial charge in [0.15, 0.2) is 0 Å². The molecular formula is C13H9N3O3. The summed E-state index contributed by atoms with van der Waals surface area (Å²) >= 11 is 0. The number of nitrogens with two attached hydrogens (primary N) is 1. The summed E-state index contributed by atoms with van der Waals surface area (Å²) in [5.74, 6) is 0. The quantitative estimate of drug-likeness (QED) is 0.465. The highest BCUT2D eigenvalue weighted by Gasteiger charge is 2.11. The van der Waals surface area contributed by atoms with Gasteiger partial charge in [-0.2, -0.15) is 0 Å². The van der Waals surface area contributed by atoms with Crippen molar-refractivity contribution in [3.63, 3.8) is 0 Å². The Hall–Kier alpha value is -2.89. The van der Waals surface area contributed by atoms with Gasteiger partial charge >= 0.3 is 11.7 Å². The molecule has 2 aromatic heterocycles. The maximum atomic E-state index is 11.9. The van der Waals surface area contributed by atoms with Crippen LogP contribution in [0.5, 0.6) is 0 Å². The third kappa shape index (κ3) is 1.54. The highest BCUT2D eigenvalue weighted by atomic mass is 16.4. The molecule has 6 nitrogen and oxygen atoms in total. The van der Waals surface area contributed by atoms with E-state index in [1.165, 1.54) is 6.20 Å². The summed E-state index contributed by atoms with van der Waals surface area (Å²) in [5.41, 5.74) is 4.65. The summed E-state index contributed by atoms with van der Waals surface area (Å²) in [6.07, 6.45) is 1.37. The summed E-state index contributed by atoms with van der Waals surface area (Å²) in [4.78, 5) is 23.1. The van der Waals surface area contributed by atoms with Crippen LogP contribution in [0.1, 0.15) is 0 Å². The molecule has 0 saturated carbocycles. The van der Waals surface area contributed by atoms with Crippen molar-refractivity contribution < 1.29 is 9.21 Å². The fourth-order valence-corrected chi connectivity index (χ4v) is 2.10. The maximum Gasteiger partial charge on any atom is 0.347 e. The zero-order valence-corrected chi connectivity index (χ0v) is 9.71. The molecule has 2 heterocycles. The first kappa shape index (κ1) is 11.2. The van der Waals surface area contributed by atoms with Crippen LogP contribution in [0.25, 0.3) is 21.7 Å². The van der Waals surface area contributed by atoms with Crippen LogP contribution in [0.4, 0.5) is 4.79 Å². The zero-order valence-electron chi connectivity index (χ0n) is 9.71. The van der Waals surface area contributed by atoms with E-state index in [1.54, 1.807) is 30.3 Å². The molecule has 0 aliphatic heterocycles. The molecule has 3 rings (SSSR count). The van der Waals surface area contributed by atoms with Crippen molar-refractivity contribution in [3.8, 4) is 0 Å². The number of aromatic nitrogens is 1. The van der Waals surface area contributed by atoms with E-state index >= 15 is 0 Å². The van der Waals surface area contributed by atoms with Crippen LogP contribution in [-0.2, 0) is 0 Å². The van der Waals surface area contributed by atoms with Crippen molar-refractivity contribution in [1.29, 1.82) is 5.41 Å². The first-order valence-corrected chi connectivity index (χ1v) is 5.51. The van der Waals surface area contributed by atoms with Crippen molar-refractivity contribution >= 4 is 27.8 Å². The molecule has 0 bridgehead atoms. The number of carbonyl (C=O) groups excluding carboxylic acids is 1. The number of hydrogen-bond donors (Lipinski definition) is 2. The molecule has 94 valence electrons.